The van der Waals surface area contributed by atoms with Crippen molar-refractivity contribution in [2.24, 2.45) is 17.3 Å². The number of aryl methyl sites for hydroxylation is 1. The van der Waals surface area contributed by atoms with Gasteiger partial charge in [-0.2, -0.15) is 0 Å². The summed E-state index contributed by atoms with van der Waals surface area (Å²) in [6, 6.07) is 14.3. The summed E-state index contributed by atoms with van der Waals surface area (Å²) in [4.78, 5) is 13.5. The molecule has 2 aromatic carbocycles. The maximum atomic E-state index is 13.5. The van der Waals surface area contributed by atoms with E-state index in [4.69, 9.17) is 23.2 Å². The van der Waals surface area contributed by atoms with Gasteiger partial charge in [0.25, 0.3) is 0 Å². The molecule has 2 aromatic rings. The number of anilines is 1. The lowest BCUT2D eigenvalue weighted by molar-refractivity contribution is -0.143. The molecule has 0 aliphatic heterocycles. The van der Waals surface area contributed by atoms with Crippen molar-refractivity contribution < 1.29 is 4.79 Å². The van der Waals surface area contributed by atoms with Gasteiger partial charge in [-0.1, -0.05) is 53.0 Å². The van der Waals surface area contributed by atoms with E-state index in [0.29, 0.717) is 27.6 Å². The first-order valence-corrected chi connectivity index (χ1v) is 11.0. The van der Waals surface area contributed by atoms with Crippen LogP contribution in [0.15, 0.2) is 42.5 Å². The normalized spacial score (nSPS) is 33.1. The van der Waals surface area contributed by atoms with Crippen LogP contribution in [-0.4, -0.2) is 5.91 Å². The Morgan fingerprint density at radius 1 is 0.964 bits per heavy atom. The molecule has 0 saturated heterocycles. The summed E-state index contributed by atoms with van der Waals surface area (Å²) in [5, 5.41) is 4.24. The standard InChI is InChI=1S/C24H25Cl2NO/c1-15-2-4-18(5-3-15)23-10-16-6-17(11-23)13-24(12-16,14-23)22(28)27-21-8-19(25)7-20(26)9-21/h2-5,7-9,16-17H,6,10-14H2,1H3,(H,27,28). The fraction of sp³-hybridized carbons (Fsp3) is 0.458. The van der Waals surface area contributed by atoms with E-state index in [1.165, 1.54) is 30.4 Å². The molecule has 0 radical (unpaired) electrons. The van der Waals surface area contributed by atoms with Crippen LogP contribution >= 0.6 is 23.2 Å². The maximum Gasteiger partial charge on any atom is 0.230 e. The Balaban J connectivity index is 1.47. The molecule has 146 valence electrons. The number of carbonyl (C=O) groups excluding carboxylic acids is 1. The molecule has 0 aromatic heterocycles. The molecule has 2 unspecified atom stereocenters. The van der Waals surface area contributed by atoms with Gasteiger partial charge in [-0.15, -0.1) is 0 Å². The van der Waals surface area contributed by atoms with Gasteiger partial charge in [0.15, 0.2) is 0 Å². The first-order chi connectivity index (χ1) is 13.4. The molecule has 1 amide bonds. The molecule has 4 bridgehead atoms. The van der Waals surface area contributed by atoms with Gasteiger partial charge in [0.1, 0.15) is 0 Å². The Morgan fingerprint density at radius 2 is 1.57 bits per heavy atom. The Labute approximate surface area is 176 Å². The fourth-order valence-electron chi connectivity index (χ4n) is 6.66. The first kappa shape index (κ1) is 18.5. The Bertz CT molecular complexity index is 902. The molecule has 0 spiro atoms. The molecule has 2 atom stereocenters. The van der Waals surface area contributed by atoms with Crippen LogP contribution in [0.25, 0.3) is 0 Å². The molecular formula is C24H25Cl2NO. The predicted molar refractivity (Wildman–Crippen MR) is 115 cm³/mol. The number of hydrogen-bond acceptors (Lipinski definition) is 1. The van der Waals surface area contributed by atoms with E-state index in [0.717, 1.165) is 19.3 Å². The quantitative estimate of drug-likeness (QED) is 0.589. The highest BCUT2D eigenvalue weighted by Gasteiger charge is 2.60. The van der Waals surface area contributed by atoms with Crippen molar-refractivity contribution in [1.82, 2.24) is 0 Å². The van der Waals surface area contributed by atoms with Crippen LogP contribution in [0.5, 0.6) is 0 Å². The second-order valence-corrected chi connectivity index (χ2v) is 10.4. The highest BCUT2D eigenvalue weighted by atomic mass is 35.5. The van der Waals surface area contributed by atoms with E-state index < -0.39 is 0 Å². The molecule has 4 aliphatic rings. The SMILES string of the molecule is Cc1ccc(C23CC4CC(CC(C(=O)Nc5cc(Cl)cc(Cl)c5)(C4)C2)C3)cc1. The smallest absolute Gasteiger partial charge is 0.230 e. The van der Waals surface area contributed by atoms with Gasteiger partial charge < -0.3 is 5.32 Å². The van der Waals surface area contributed by atoms with Crippen LogP contribution in [0.4, 0.5) is 5.69 Å². The van der Waals surface area contributed by atoms with Crippen LogP contribution in [0.1, 0.15) is 49.7 Å². The number of amides is 1. The van der Waals surface area contributed by atoms with Crippen LogP contribution < -0.4 is 5.32 Å². The fourth-order valence-corrected chi connectivity index (χ4v) is 7.19. The minimum Gasteiger partial charge on any atom is -0.326 e. The number of halogens is 2. The number of hydrogen-bond donors (Lipinski definition) is 1. The lowest BCUT2D eigenvalue weighted by Gasteiger charge is -2.61. The second-order valence-electron chi connectivity index (χ2n) is 9.50. The van der Waals surface area contributed by atoms with Gasteiger partial charge in [-0.25, -0.2) is 0 Å². The summed E-state index contributed by atoms with van der Waals surface area (Å²) in [5.74, 6) is 1.45. The van der Waals surface area contributed by atoms with Gasteiger partial charge in [0.2, 0.25) is 5.91 Å². The minimum absolute atomic E-state index is 0.149. The van der Waals surface area contributed by atoms with Crippen molar-refractivity contribution in [3.05, 3.63) is 63.6 Å². The molecule has 4 saturated carbocycles. The monoisotopic (exact) mass is 413 g/mol. The molecule has 1 N–H and O–H groups in total. The summed E-state index contributed by atoms with van der Waals surface area (Å²) in [7, 11) is 0. The van der Waals surface area contributed by atoms with E-state index >= 15 is 0 Å². The summed E-state index contributed by atoms with van der Waals surface area (Å²) in [6.45, 7) is 2.13. The van der Waals surface area contributed by atoms with E-state index in [2.05, 4.69) is 36.5 Å². The summed E-state index contributed by atoms with van der Waals surface area (Å²) >= 11 is 12.3. The third-order valence-corrected chi connectivity index (χ3v) is 7.76. The van der Waals surface area contributed by atoms with Gasteiger partial charge in [-0.05, 0) is 86.5 Å². The average molecular weight is 414 g/mol. The van der Waals surface area contributed by atoms with Gasteiger partial charge in [0, 0.05) is 15.7 Å². The average Bonchev–Trinajstić information content (AvgIpc) is 2.60. The molecule has 2 nitrogen and oxygen atoms in total. The van der Waals surface area contributed by atoms with Crippen molar-refractivity contribution in [3.63, 3.8) is 0 Å². The van der Waals surface area contributed by atoms with E-state index in [9.17, 15) is 4.79 Å². The van der Waals surface area contributed by atoms with Crippen LogP contribution in [0, 0.1) is 24.2 Å². The Morgan fingerprint density at radius 3 is 2.18 bits per heavy atom. The van der Waals surface area contributed by atoms with Crippen molar-refractivity contribution in [2.75, 3.05) is 5.32 Å². The highest BCUT2D eigenvalue weighted by Crippen LogP contribution is 2.66. The third kappa shape index (κ3) is 3.06. The third-order valence-electron chi connectivity index (χ3n) is 7.33. The molecule has 4 aliphatic carbocycles. The summed E-state index contributed by atoms with van der Waals surface area (Å²) in [6.07, 6.45) is 6.71. The molecule has 0 heterocycles. The lowest BCUT2D eigenvalue weighted by Crippen LogP contribution is -2.57. The van der Waals surface area contributed by atoms with Crippen molar-refractivity contribution >= 4 is 34.8 Å². The van der Waals surface area contributed by atoms with E-state index in [-0.39, 0.29) is 16.7 Å². The minimum atomic E-state index is -0.274. The van der Waals surface area contributed by atoms with E-state index in [1.807, 2.05) is 0 Å². The number of nitrogens with one attached hydrogen (secondary N) is 1. The van der Waals surface area contributed by atoms with Crippen molar-refractivity contribution in [2.45, 2.75) is 50.9 Å². The largest absolute Gasteiger partial charge is 0.326 e. The molecule has 4 heteroatoms. The predicted octanol–water partition coefficient (Wildman–Crippen LogP) is 6.78. The second kappa shape index (κ2) is 6.50. The van der Waals surface area contributed by atoms with Gasteiger partial charge in [0.05, 0.1) is 5.41 Å². The Kier molecular flexibility index (Phi) is 4.30. The zero-order valence-corrected chi connectivity index (χ0v) is 17.6. The Hall–Kier alpha value is -1.51. The molecule has 6 rings (SSSR count). The van der Waals surface area contributed by atoms with E-state index in [1.54, 1.807) is 18.2 Å². The first-order valence-electron chi connectivity index (χ1n) is 10.2. The van der Waals surface area contributed by atoms with Gasteiger partial charge >= 0.3 is 0 Å². The topological polar surface area (TPSA) is 29.1 Å². The van der Waals surface area contributed by atoms with Crippen molar-refractivity contribution in [1.29, 1.82) is 0 Å². The number of carbonyl (C=O) groups is 1. The van der Waals surface area contributed by atoms with Gasteiger partial charge in [-0.3, -0.25) is 4.79 Å². The summed E-state index contributed by atoms with van der Waals surface area (Å²) in [5.41, 5.74) is 3.29. The molecular weight excluding hydrogens is 389 g/mol. The zero-order chi connectivity index (χ0) is 19.5. The van der Waals surface area contributed by atoms with Crippen molar-refractivity contribution in [3.8, 4) is 0 Å². The number of rotatable bonds is 3. The zero-order valence-electron chi connectivity index (χ0n) is 16.1. The molecule has 4 fully saturated rings. The molecule has 28 heavy (non-hydrogen) atoms. The highest BCUT2D eigenvalue weighted by molar-refractivity contribution is 6.35. The number of benzene rings is 2. The van der Waals surface area contributed by atoms with Crippen LogP contribution in [-0.2, 0) is 10.2 Å². The van der Waals surface area contributed by atoms with Crippen LogP contribution in [0.2, 0.25) is 10.0 Å². The lowest BCUT2D eigenvalue weighted by atomic mass is 9.42. The maximum absolute atomic E-state index is 13.5. The summed E-state index contributed by atoms with van der Waals surface area (Å²) < 4.78 is 0. The van der Waals surface area contributed by atoms with Crippen LogP contribution in [0.3, 0.4) is 0 Å².